The largest absolute Gasteiger partial charge is 0.499 e. The van der Waals surface area contributed by atoms with Crippen LogP contribution in [0.25, 0.3) is 11.5 Å². The third-order valence-corrected chi connectivity index (χ3v) is 2.62. The Bertz CT molecular complexity index is 411. The van der Waals surface area contributed by atoms with Gasteiger partial charge in [-0.25, -0.2) is 4.98 Å². The SMILES string of the molecule is Cc1nc(-c2ccsc2O)oc1C. The van der Waals surface area contributed by atoms with Crippen LogP contribution >= 0.6 is 11.3 Å². The van der Waals surface area contributed by atoms with E-state index in [9.17, 15) is 5.11 Å². The van der Waals surface area contributed by atoms with E-state index in [1.54, 1.807) is 11.4 Å². The molecular weight excluding hydrogens is 186 g/mol. The van der Waals surface area contributed by atoms with Crippen molar-refractivity contribution in [2.24, 2.45) is 0 Å². The molecule has 0 unspecified atom stereocenters. The average molecular weight is 195 g/mol. The van der Waals surface area contributed by atoms with Gasteiger partial charge in [0.25, 0.3) is 0 Å². The molecule has 0 fully saturated rings. The van der Waals surface area contributed by atoms with Crippen molar-refractivity contribution in [3.05, 3.63) is 22.9 Å². The molecule has 0 spiro atoms. The van der Waals surface area contributed by atoms with Gasteiger partial charge in [0.1, 0.15) is 5.76 Å². The highest BCUT2D eigenvalue weighted by molar-refractivity contribution is 7.12. The Morgan fingerprint density at radius 3 is 2.69 bits per heavy atom. The standard InChI is InChI=1S/C9H9NO2S/c1-5-6(2)12-8(10-5)7-3-4-13-9(7)11/h3-4,11H,1-2H3. The Balaban J connectivity index is 2.53. The Morgan fingerprint density at radius 1 is 1.46 bits per heavy atom. The lowest BCUT2D eigenvalue weighted by molar-refractivity contribution is 0.486. The lowest BCUT2D eigenvalue weighted by Crippen LogP contribution is -1.74. The molecule has 0 saturated heterocycles. The third kappa shape index (κ3) is 1.33. The van der Waals surface area contributed by atoms with E-state index in [-0.39, 0.29) is 5.06 Å². The van der Waals surface area contributed by atoms with E-state index < -0.39 is 0 Å². The molecule has 0 aliphatic carbocycles. The summed E-state index contributed by atoms with van der Waals surface area (Å²) in [6, 6.07) is 1.80. The average Bonchev–Trinajstić information content (AvgIpc) is 2.60. The molecule has 0 atom stereocenters. The number of aromatic hydroxyl groups is 1. The van der Waals surface area contributed by atoms with E-state index in [1.807, 2.05) is 13.8 Å². The van der Waals surface area contributed by atoms with Crippen LogP contribution in [0.4, 0.5) is 0 Å². The number of hydrogen-bond acceptors (Lipinski definition) is 4. The molecule has 2 aromatic rings. The van der Waals surface area contributed by atoms with E-state index >= 15 is 0 Å². The van der Waals surface area contributed by atoms with Crippen LogP contribution in [0.2, 0.25) is 0 Å². The van der Waals surface area contributed by atoms with E-state index in [0.717, 1.165) is 11.5 Å². The number of aromatic nitrogens is 1. The van der Waals surface area contributed by atoms with Gasteiger partial charge in [-0.2, -0.15) is 0 Å². The first-order valence-electron chi connectivity index (χ1n) is 3.89. The van der Waals surface area contributed by atoms with Gasteiger partial charge in [-0.15, -0.1) is 11.3 Å². The molecule has 0 amide bonds. The van der Waals surface area contributed by atoms with Crippen molar-refractivity contribution in [2.45, 2.75) is 13.8 Å². The van der Waals surface area contributed by atoms with Gasteiger partial charge < -0.3 is 9.52 Å². The molecule has 4 heteroatoms. The van der Waals surface area contributed by atoms with Crippen LogP contribution in [0.5, 0.6) is 5.06 Å². The number of thiophene rings is 1. The Morgan fingerprint density at radius 2 is 2.23 bits per heavy atom. The maximum absolute atomic E-state index is 9.42. The maximum Gasteiger partial charge on any atom is 0.231 e. The lowest BCUT2D eigenvalue weighted by atomic mass is 10.3. The Hall–Kier alpha value is -1.29. The Kier molecular flexibility index (Phi) is 1.84. The quantitative estimate of drug-likeness (QED) is 0.761. The topological polar surface area (TPSA) is 46.3 Å². The summed E-state index contributed by atoms with van der Waals surface area (Å²) in [7, 11) is 0. The van der Waals surface area contributed by atoms with Crippen molar-refractivity contribution >= 4 is 11.3 Å². The van der Waals surface area contributed by atoms with E-state index in [4.69, 9.17) is 4.42 Å². The zero-order valence-electron chi connectivity index (χ0n) is 7.37. The summed E-state index contributed by atoms with van der Waals surface area (Å²) in [6.07, 6.45) is 0. The minimum absolute atomic E-state index is 0.251. The first-order chi connectivity index (χ1) is 6.18. The van der Waals surface area contributed by atoms with Gasteiger partial charge in [-0.1, -0.05) is 0 Å². The molecule has 0 bridgehead atoms. The van der Waals surface area contributed by atoms with Crippen molar-refractivity contribution in [1.29, 1.82) is 0 Å². The molecular formula is C9H9NO2S. The van der Waals surface area contributed by atoms with E-state index in [0.29, 0.717) is 11.5 Å². The zero-order chi connectivity index (χ0) is 9.42. The summed E-state index contributed by atoms with van der Waals surface area (Å²) in [6.45, 7) is 3.74. The summed E-state index contributed by atoms with van der Waals surface area (Å²) in [4.78, 5) is 4.19. The van der Waals surface area contributed by atoms with Crippen LogP contribution in [-0.2, 0) is 0 Å². The van der Waals surface area contributed by atoms with Crippen LogP contribution in [-0.4, -0.2) is 10.1 Å². The Labute approximate surface area is 79.7 Å². The first-order valence-corrected chi connectivity index (χ1v) is 4.77. The fourth-order valence-electron chi connectivity index (χ4n) is 1.05. The van der Waals surface area contributed by atoms with Crippen LogP contribution in [0, 0.1) is 13.8 Å². The molecule has 68 valence electrons. The van der Waals surface area contributed by atoms with Gasteiger partial charge in [-0.05, 0) is 25.3 Å². The number of rotatable bonds is 1. The van der Waals surface area contributed by atoms with Crippen molar-refractivity contribution in [3.63, 3.8) is 0 Å². The molecule has 0 saturated carbocycles. The molecule has 13 heavy (non-hydrogen) atoms. The maximum atomic E-state index is 9.42. The molecule has 1 N–H and O–H groups in total. The fraction of sp³-hybridized carbons (Fsp3) is 0.222. The second-order valence-electron chi connectivity index (χ2n) is 2.80. The minimum Gasteiger partial charge on any atom is -0.499 e. The predicted octanol–water partition coefficient (Wildman–Crippen LogP) is 2.73. The van der Waals surface area contributed by atoms with Crippen LogP contribution < -0.4 is 0 Å². The first kappa shape index (κ1) is 8.31. The molecule has 0 radical (unpaired) electrons. The molecule has 2 heterocycles. The number of oxazole rings is 1. The van der Waals surface area contributed by atoms with Crippen LogP contribution in [0.15, 0.2) is 15.9 Å². The highest BCUT2D eigenvalue weighted by Crippen LogP contribution is 2.33. The number of aryl methyl sites for hydroxylation is 2. The van der Waals surface area contributed by atoms with E-state index in [1.165, 1.54) is 11.3 Å². The summed E-state index contributed by atoms with van der Waals surface area (Å²) in [5.41, 5.74) is 1.53. The summed E-state index contributed by atoms with van der Waals surface area (Å²) in [5.74, 6) is 1.29. The van der Waals surface area contributed by atoms with Gasteiger partial charge in [0, 0.05) is 0 Å². The summed E-state index contributed by atoms with van der Waals surface area (Å²) >= 11 is 1.27. The second kappa shape index (κ2) is 2.88. The number of nitrogens with zero attached hydrogens (tertiary/aromatic N) is 1. The highest BCUT2D eigenvalue weighted by Gasteiger charge is 2.12. The monoisotopic (exact) mass is 195 g/mol. The third-order valence-electron chi connectivity index (χ3n) is 1.90. The van der Waals surface area contributed by atoms with Crippen molar-refractivity contribution < 1.29 is 9.52 Å². The van der Waals surface area contributed by atoms with Crippen LogP contribution in [0.1, 0.15) is 11.5 Å². The van der Waals surface area contributed by atoms with Gasteiger partial charge in [-0.3, -0.25) is 0 Å². The van der Waals surface area contributed by atoms with Gasteiger partial charge >= 0.3 is 0 Å². The van der Waals surface area contributed by atoms with Crippen molar-refractivity contribution in [2.75, 3.05) is 0 Å². The van der Waals surface area contributed by atoms with Gasteiger partial charge in [0.15, 0.2) is 5.06 Å². The lowest BCUT2D eigenvalue weighted by Gasteiger charge is -1.89. The van der Waals surface area contributed by atoms with E-state index in [2.05, 4.69) is 4.98 Å². The minimum atomic E-state index is 0.251. The van der Waals surface area contributed by atoms with Gasteiger partial charge in [0.05, 0.1) is 11.3 Å². The molecule has 0 aliphatic rings. The molecule has 2 aromatic heterocycles. The zero-order valence-corrected chi connectivity index (χ0v) is 8.18. The normalized spacial score (nSPS) is 10.6. The molecule has 0 aliphatic heterocycles. The highest BCUT2D eigenvalue weighted by atomic mass is 32.1. The summed E-state index contributed by atoms with van der Waals surface area (Å²) in [5, 5.41) is 11.5. The predicted molar refractivity (Wildman–Crippen MR) is 51.0 cm³/mol. The smallest absolute Gasteiger partial charge is 0.231 e. The van der Waals surface area contributed by atoms with Crippen molar-refractivity contribution in [3.8, 4) is 16.5 Å². The van der Waals surface area contributed by atoms with Crippen LogP contribution in [0.3, 0.4) is 0 Å². The van der Waals surface area contributed by atoms with Gasteiger partial charge in [0.2, 0.25) is 5.89 Å². The number of hydrogen-bond donors (Lipinski definition) is 1. The molecule has 0 aromatic carbocycles. The molecule has 2 rings (SSSR count). The fourth-order valence-corrected chi connectivity index (χ4v) is 1.67. The summed E-state index contributed by atoms with van der Waals surface area (Å²) < 4.78 is 5.38. The molecule has 3 nitrogen and oxygen atoms in total. The van der Waals surface area contributed by atoms with Crippen molar-refractivity contribution in [1.82, 2.24) is 4.98 Å². The second-order valence-corrected chi connectivity index (χ2v) is 3.69.